The first-order valence-corrected chi connectivity index (χ1v) is 15.2. The SMILES string of the molecule is CNS(=O)(=O)C1CCC([C@]2(C)Oc3c(Cl)cc(C(=O)NCc4c(SC)cc(C)[nH]c4=O)c(C)c3O2)CC1. The van der Waals surface area contributed by atoms with Crippen LogP contribution in [0.15, 0.2) is 21.8 Å². The number of sulfonamides is 1. The third-order valence-corrected chi connectivity index (χ3v) is 10.3. The highest BCUT2D eigenvalue weighted by atomic mass is 35.5. The number of aromatic nitrogens is 1. The van der Waals surface area contributed by atoms with Crippen LogP contribution in [0.2, 0.25) is 5.02 Å². The number of H-pyrrole nitrogens is 1. The molecule has 0 radical (unpaired) electrons. The van der Waals surface area contributed by atoms with Crippen LogP contribution in [0.1, 0.15) is 59.8 Å². The first-order chi connectivity index (χ1) is 17.4. The largest absolute Gasteiger partial charge is 0.448 e. The van der Waals surface area contributed by atoms with E-state index < -0.39 is 21.1 Å². The maximum absolute atomic E-state index is 13.1. The number of rotatable bonds is 7. The minimum absolute atomic E-state index is 0.0471. The summed E-state index contributed by atoms with van der Waals surface area (Å²) < 4.78 is 39.3. The van der Waals surface area contributed by atoms with Gasteiger partial charge in [-0.2, -0.15) is 0 Å². The number of fused-ring (bicyclic) bond motifs is 1. The van der Waals surface area contributed by atoms with E-state index in [1.807, 2.05) is 26.2 Å². The molecule has 1 aromatic heterocycles. The lowest BCUT2D eigenvalue weighted by Crippen LogP contribution is -2.46. The van der Waals surface area contributed by atoms with Gasteiger partial charge in [-0.15, -0.1) is 11.8 Å². The Hall–Kier alpha value is -2.21. The van der Waals surface area contributed by atoms with E-state index in [4.69, 9.17) is 21.1 Å². The fraction of sp³-hybridized carbons (Fsp3) is 0.520. The summed E-state index contributed by atoms with van der Waals surface area (Å²) in [7, 11) is -1.89. The number of ether oxygens (including phenoxy) is 2. The van der Waals surface area contributed by atoms with Gasteiger partial charge in [0.15, 0.2) is 11.5 Å². The van der Waals surface area contributed by atoms with Gasteiger partial charge in [-0.05, 0) is 65.0 Å². The van der Waals surface area contributed by atoms with E-state index in [1.165, 1.54) is 18.8 Å². The molecule has 2 aromatic rings. The van der Waals surface area contributed by atoms with Crippen molar-refractivity contribution in [1.29, 1.82) is 0 Å². The van der Waals surface area contributed by atoms with Gasteiger partial charge in [0.05, 0.1) is 10.3 Å². The molecular formula is C25H32ClN3O6S2. The molecule has 1 saturated carbocycles. The van der Waals surface area contributed by atoms with Crippen LogP contribution in [0, 0.1) is 19.8 Å². The van der Waals surface area contributed by atoms with Gasteiger partial charge in [-0.25, -0.2) is 13.1 Å². The number of aryl methyl sites for hydroxylation is 1. The number of aromatic amines is 1. The minimum Gasteiger partial charge on any atom is -0.448 e. The van der Waals surface area contributed by atoms with Gasteiger partial charge in [0, 0.05) is 46.7 Å². The van der Waals surface area contributed by atoms with Crippen molar-refractivity contribution in [1.82, 2.24) is 15.0 Å². The number of nitrogens with one attached hydrogen (secondary N) is 3. The number of thioether (sulfide) groups is 1. The van der Waals surface area contributed by atoms with E-state index in [-0.39, 0.29) is 29.0 Å². The molecule has 0 spiro atoms. The quantitative estimate of drug-likeness (QED) is 0.432. The zero-order valence-electron chi connectivity index (χ0n) is 21.5. The van der Waals surface area contributed by atoms with Crippen molar-refractivity contribution in [3.63, 3.8) is 0 Å². The van der Waals surface area contributed by atoms with Crippen molar-refractivity contribution >= 4 is 39.3 Å². The number of halogens is 1. The topological polar surface area (TPSA) is 127 Å². The molecule has 1 aliphatic heterocycles. The summed E-state index contributed by atoms with van der Waals surface area (Å²) in [4.78, 5) is 29.2. The third kappa shape index (κ3) is 5.36. The molecule has 0 unspecified atom stereocenters. The highest BCUT2D eigenvalue weighted by molar-refractivity contribution is 7.98. The van der Waals surface area contributed by atoms with Gasteiger partial charge in [0.1, 0.15) is 0 Å². The normalized spacial score (nSPS) is 23.2. The van der Waals surface area contributed by atoms with E-state index in [0.717, 1.165) is 10.6 Å². The van der Waals surface area contributed by atoms with Crippen LogP contribution in [0.5, 0.6) is 11.5 Å². The monoisotopic (exact) mass is 569 g/mol. The van der Waals surface area contributed by atoms with E-state index in [2.05, 4.69) is 15.0 Å². The number of pyridine rings is 1. The zero-order chi connectivity index (χ0) is 27.1. The summed E-state index contributed by atoms with van der Waals surface area (Å²) in [6.45, 7) is 5.47. The lowest BCUT2D eigenvalue weighted by Gasteiger charge is -2.36. The molecule has 1 amide bonds. The molecule has 2 aliphatic rings. The molecule has 0 saturated heterocycles. The van der Waals surface area contributed by atoms with E-state index in [0.29, 0.717) is 53.9 Å². The van der Waals surface area contributed by atoms with Gasteiger partial charge >= 0.3 is 0 Å². The number of carbonyl (C=O) groups is 1. The summed E-state index contributed by atoms with van der Waals surface area (Å²) in [5.74, 6) is -0.674. The van der Waals surface area contributed by atoms with Crippen molar-refractivity contribution in [3.8, 4) is 11.5 Å². The van der Waals surface area contributed by atoms with Crippen LogP contribution < -0.4 is 25.1 Å². The molecule has 1 aliphatic carbocycles. The molecular weight excluding hydrogens is 538 g/mol. The van der Waals surface area contributed by atoms with Crippen molar-refractivity contribution < 1.29 is 22.7 Å². The van der Waals surface area contributed by atoms with Crippen molar-refractivity contribution in [3.05, 3.63) is 49.9 Å². The van der Waals surface area contributed by atoms with Crippen LogP contribution in [-0.2, 0) is 16.6 Å². The first-order valence-electron chi connectivity index (χ1n) is 12.1. The first kappa shape index (κ1) is 27.8. The van der Waals surface area contributed by atoms with Crippen LogP contribution in [-0.4, -0.2) is 43.6 Å². The van der Waals surface area contributed by atoms with Crippen LogP contribution >= 0.6 is 23.4 Å². The zero-order valence-corrected chi connectivity index (χ0v) is 23.9. The average molecular weight is 570 g/mol. The maximum Gasteiger partial charge on any atom is 0.254 e. The predicted molar refractivity (Wildman–Crippen MR) is 144 cm³/mol. The molecule has 12 heteroatoms. The predicted octanol–water partition coefficient (Wildman–Crippen LogP) is 3.89. The second-order valence-electron chi connectivity index (χ2n) is 9.64. The molecule has 2 heterocycles. The van der Waals surface area contributed by atoms with Gasteiger partial charge in [-0.3, -0.25) is 9.59 Å². The summed E-state index contributed by atoms with van der Waals surface area (Å²) in [6, 6.07) is 3.42. The minimum atomic E-state index is -3.33. The van der Waals surface area contributed by atoms with Gasteiger partial charge in [0.25, 0.3) is 17.3 Å². The molecule has 202 valence electrons. The van der Waals surface area contributed by atoms with Crippen LogP contribution in [0.4, 0.5) is 0 Å². The fourth-order valence-corrected chi connectivity index (χ4v) is 7.28. The molecule has 1 atom stereocenters. The Balaban J connectivity index is 1.51. The van der Waals surface area contributed by atoms with Gasteiger partial charge < -0.3 is 19.8 Å². The number of amides is 1. The van der Waals surface area contributed by atoms with E-state index in [9.17, 15) is 18.0 Å². The molecule has 1 aromatic carbocycles. The number of benzene rings is 1. The Morgan fingerprint density at radius 3 is 2.46 bits per heavy atom. The lowest BCUT2D eigenvalue weighted by atomic mass is 9.83. The fourth-order valence-electron chi connectivity index (χ4n) is 5.11. The number of hydrogen-bond donors (Lipinski definition) is 3. The van der Waals surface area contributed by atoms with E-state index >= 15 is 0 Å². The second-order valence-corrected chi connectivity index (χ2v) is 13.1. The van der Waals surface area contributed by atoms with Crippen molar-refractivity contribution in [2.45, 2.75) is 68.9 Å². The summed E-state index contributed by atoms with van der Waals surface area (Å²) in [6.07, 6.45) is 4.11. The Labute approximate surface area is 226 Å². The van der Waals surface area contributed by atoms with Crippen molar-refractivity contribution in [2.75, 3.05) is 13.3 Å². The molecule has 1 fully saturated rings. The maximum atomic E-state index is 13.1. The number of hydrogen-bond acceptors (Lipinski definition) is 7. The Kier molecular flexibility index (Phi) is 7.90. The van der Waals surface area contributed by atoms with Crippen LogP contribution in [0.25, 0.3) is 0 Å². The molecule has 9 nitrogen and oxygen atoms in total. The summed E-state index contributed by atoms with van der Waals surface area (Å²) in [5, 5.41) is 2.64. The van der Waals surface area contributed by atoms with E-state index in [1.54, 1.807) is 13.0 Å². The van der Waals surface area contributed by atoms with Crippen molar-refractivity contribution in [2.24, 2.45) is 5.92 Å². The van der Waals surface area contributed by atoms with Gasteiger partial charge in [0.2, 0.25) is 10.0 Å². The lowest BCUT2D eigenvalue weighted by molar-refractivity contribution is -0.119. The van der Waals surface area contributed by atoms with Gasteiger partial charge in [-0.1, -0.05) is 11.6 Å². The summed E-state index contributed by atoms with van der Waals surface area (Å²) in [5.41, 5.74) is 1.91. The molecule has 4 rings (SSSR count). The second kappa shape index (κ2) is 10.5. The van der Waals surface area contributed by atoms with Crippen LogP contribution in [0.3, 0.4) is 0 Å². The third-order valence-electron chi connectivity index (χ3n) is 7.31. The summed E-state index contributed by atoms with van der Waals surface area (Å²) >= 11 is 7.98. The number of carbonyl (C=O) groups excluding carboxylic acids is 1. The highest BCUT2D eigenvalue weighted by Crippen LogP contribution is 2.51. The molecule has 3 N–H and O–H groups in total. The Morgan fingerprint density at radius 2 is 1.84 bits per heavy atom. The average Bonchev–Trinajstić information content (AvgIpc) is 3.25. The smallest absolute Gasteiger partial charge is 0.254 e. The molecule has 37 heavy (non-hydrogen) atoms. The molecule has 0 bridgehead atoms. The Bertz CT molecular complexity index is 1390. The Morgan fingerprint density at radius 1 is 1.19 bits per heavy atom. The standard InChI is InChI=1S/C25H32ClN3O6S2/c1-13-10-20(36-5)18(24(31)29-13)12-28-23(30)17-11-19(26)22-21(14(17)2)34-25(3,35-22)15-6-8-16(9-7-15)37(32,33)27-4/h10-11,15-16,27H,6-9,12H2,1-5H3,(H,28,30)(H,29,31)/t15?,16?,25-/m0/s1. The highest BCUT2D eigenvalue weighted by Gasteiger charge is 2.48.